The Bertz CT molecular complexity index is 1310. The summed E-state index contributed by atoms with van der Waals surface area (Å²) in [6.45, 7) is 11.1. The van der Waals surface area contributed by atoms with E-state index in [1.165, 1.54) is 11.3 Å². The molecule has 6 nitrogen and oxygen atoms in total. The van der Waals surface area contributed by atoms with E-state index in [4.69, 9.17) is 16.3 Å². The Morgan fingerprint density at radius 2 is 2.09 bits per heavy atom. The lowest BCUT2D eigenvalue weighted by Crippen LogP contribution is -2.33. The maximum Gasteiger partial charge on any atom is 0.244 e. The van der Waals surface area contributed by atoms with Gasteiger partial charge in [-0.3, -0.25) is 14.3 Å². The third-order valence-electron chi connectivity index (χ3n) is 5.97. The average Bonchev–Trinajstić information content (AvgIpc) is 3.49. The van der Waals surface area contributed by atoms with E-state index in [2.05, 4.69) is 30.3 Å². The number of hydrogen-bond acceptors (Lipinski definition) is 5. The van der Waals surface area contributed by atoms with E-state index >= 15 is 0 Å². The average molecular weight is 512 g/mol. The lowest BCUT2D eigenvalue weighted by molar-refractivity contribution is -0.116. The number of fused-ring (bicyclic) bond motifs is 1. The smallest absolute Gasteiger partial charge is 0.244 e. The Morgan fingerprint density at radius 3 is 2.77 bits per heavy atom. The summed E-state index contributed by atoms with van der Waals surface area (Å²) in [5.41, 5.74) is 4.91. The summed E-state index contributed by atoms with van der Waals surface area (Å²) in [6, 6.07) is 7.70. The van der Waals surface area contributed by atoms with Gasteiger partial charge in [-0.1, -0.05) is 25.4 Å². The summed E-state index contributed by atoms with van der Waals surface area (Å²) in [7, 11) is 0. The molecule has 0 bridgehead atoms. The number of carbonyl (C=O) groups is 2. The number of hydrogen-bond donors (Lipinski definition) is 1. The lowest BCUT2D eigenvalue weighted by atomic mass is 10.1. The first kappa shape index (κ1) is 25.2. The van der Waals surface area contributed by atoms with Crippen molar-refractivity contribution in [1.29, 1.82) is 0 Å². The fourth-order valence-electron chi connectivity index (χ4n) is 4.23. The van der Waals surface area contributed by atoms with Crippen LogP contribution < -0.4 is 10.1 Å². The minimum Gasteiger partial charge on any atom is -0.486 e. The van der Waals surface area contributed by atoms with Crippen LogP contribution in [0.3, 0.4) is 0 Å². The van der Waals surface area contributed by atoms with Crippen molar-refractivity contribution in [3.8, 4) is 16.2 Å². The number of ether oxygens (including phenoxy) is 1. The molecule has 1 unspecified atom stereocenters. The Morgan fingerprint density at radius 1 is 1.31 bits per heavy atom. The van der Waals surface area contributed by atoms with Crippen molar-refractivity contribution in [1.82, 2.24) is 15.1 Å². The maximum atomic E-state index is 12.5. The molecule has 1 aliphatic heterocycles. The first-order chi connectivity index (χ1) is 16.6. The molecular formula is C27H30ClN3O3S. The molecule has 3 heterocycles. The number of Topliss-reactive ketones (excluding diaryl/α,β-unsaturated/α-hetero) is 1. The van der Waals surface area contributed by atoms with Gasteiger partial charge in [0.05, 0.1) is 22.1 Å². The van der Waals surface area contributed by atoms with Gasteiger partial charge in [0.15, 0.2) is 5.78 Å². The molecule has 1 aliphatic rings. The van der Waals surface area contributed by atoms with E-state index in [0.717, 1.165) is 44.4 Å². The van der Waals surface area contributed by atoms with Crippen molar-refractivity contribution >= 4 is 40.7 Å². The minimum atomic E-state index is -0.191. The van der Waals surface area contributed by atoms with Gasteiger partial charge in [0.25, 0.3) is 0 Å². The molecule has 0 fully saturated rings. The molecule has 1 atom stereocenters. The Balaban J connectivity index is 1.37. The van der Waals surface area contributed by atoms with Crippen LogP contribution in [0.2, 0.25) is 5.02 Å². The number of amides is 1. The highest BCUT2D eigenvalue weighted by Crippen LogP contribution is 2.41. The van der Waals surface area contributed by atoms with E-state index in [1.807, 2.05) is 42.8 Å². The molecule has 1 aromatic carbocycles. The van der Waals surface area contributed by atoms with E-state index in [0.29, 0.717) is 29.7 Å². The van der Waals surface area contributed by atoms with Gasteiger partial charge in [-0.25, -0.2) is 0 Å². The number of ketones is 1. The summed E-state index contributed by atoms with van der Waals surface area (Å²) in [6.07, 6.45) is 3.84. The molecule has 1 amide bonds. The molecule has 2 aromatic heterocycles. The number of aryl methyl sites for hydroxylation is 1. The highest BCUT2D eigenvalue weighted by atomic mass is 35.5. The molecule has 35 heavy (non-hydrogen) atoms. The lowest BCUT2D eigenvalue weighted by Gasteiger charge is -2.11. The van der Waals surface area contributed by atoms with Gasteiger partial charge in [-0.05, 0) is 62.6 Å². The van der Waals surface area contributed by atoms with Crippen molar-refractivity contribution in [2.45, 2.75) is 53.7 Å². The topological polar surface area (TPSA) is 73.2 Å². The number of rotatable bonds is 8. The molecule has 0 saturated heterocycles. The van der Waals surface area contributed by atoms with Crippen LogP contribution >= 0.6 is 22.9 Å². The Hall–Kier alpha value is -2.90. The Kier molecular flexibility index (Phi) is 7.47. The molecule has 1 N–H and O–H groups in total. The fraction of sp³-hybridized carbons (Fsp3) is 0.370. The summed E-state index contributed by atoms with van der Waals surface area (Å²) < 4.78 is 8.03. The van der Waals surface area contributed by atoms with Gasteiger partial charge >= 0.3 is 0 Å². The van der Waals surface area contributed by atoms with Crippen LogP contribution in [0.25, 0.3) is 16.5 Å². The van der Waals surface area contributed by atoms with Gasteiger partial charge in [0, 0.05) is 40.7 Å². The second-order valence-electron chi connectivity index (χ2n) is 9.35. The van der Waals surface area contributed by atoms with Gasteiger partial charge < -0.3 is 10.1 Å². The zero-order chi connectivity index (χ0) is 25.3. The highest BCUT2D eigenvalue weighted by Gasteiger charge is 2.26. The van der Waals surface area contributed by atoms with E-state index < -0.39 is 0 Å². The monoisotopic (exact) mass is 511 g/mol. The molecule has 0 spiro atoms. The van der Waals surface area contributed by atoms with Crippen molar-refractivity contribution in [2.24, 2.45) is 5.92 Å². The van der Waals surface area contributed by atoms with Crippen LogP contribution in [0.5, 0.6) is 5.75 Å². The van der Waals surface area contributed by atoms with Gasteiger partial charge in [0.2, 0.25) is 5.91 Å². The van der Waals surface area contributed by atoms with E-state index in [9.17, 15) is 9.59 Å². The van der Waals surface area contributed by atoms with Crippen LogP contribution in [0.4, 0.5) is 0 Å². The van der Waals surface area contributed by atoms with E-state index in [1.54, 1.807) is 13.0 Å². The summed E-state index contributed by atoms with van der Waals surface area (Å²) in [5, 5.41) is 8.06. The Labute approximate surface area is 214 Å². The molecule has 0 radical (unpaired) electrons. The second kappa shape index (κ2) is 10.4. The zero-order valence-electron chi connectivity index (χ0n) is 20.6. The van der Waals surface area contributed by atoms with Crippen molar-refractivity contribution < 1.29 is 14.3 Å². The van der Waals surface area contributed by atoms with Gasteiger partial charge in [-0.2, -0.15) is 5.10 Å². The maximum absolute atomic E-state index is 12.5. The predicted molar refractivity (Wildman–Crippen MR) is 141 cm³/mol. The van der Waals surface area contributed by atoms with Crippen molar-refractivity contribution in [3.05, 3.63) is 62.8 Å². The number of nitrogens with zero attached hydrogens (tertiary/aromatic N) is 2. The molecule has 4 rings (SSSR count). The number of carbonyl (C=O) groups excluding carboxylic acids is 2. The molecule has 184 valence electrons. The second-order valence-corrected chi connectivity index (χ2v) is 10.8. The van der Waals surface area contributed by atoms with Crippen LogP contribution in [0.1, 0.15) is 53.0 Å². The van der Waals surface area contributed by atoms with Gasteiger partial charge in [-0.15, -0.1) is 11.3 Å². The third-order valence-corrected chi connectivity index (χ3v) is 7.49. The summed E-state index contributed by atoms with van der Waals surface area (Å²) in [5.74, 6) is 1.03. The number of aromatic nitrogens is 2. The zero-order valence-corrected chi connectivity index (χ0v) is 22.2. The van der Waals surface area contributed by atoms with Crippen LogP contribution in [0.15, 0.2) is 30.3 Å². The molecule has 8 heteroatoms. The molecular weight excluding hydrogens is 482 g/mol. The minimum absolute atomic E-state index is 0.0522. The summed E-state index contributed by atoms with van der Waals surface area (Å²) in [4.78, 5) is 25.8. The first-order valence-electron chi connectivity index (χ1n) is 11.7. The van der Waals surface area contributed by atoms with Crippen molar-refractivity contribution in [3.63, 3.8) is 0 Å². The van der Waals surface area contributed by atoms with E-state index in [-0.39, 0.29) is 17.8 Å². The SMILES string of the molecule is CC(=O)c1ccc(-c2cc(Cl)c3c(c2)CC(CNC(=O)/C=C/c2c(C)nn(CC(C)C)c2C)O3)s1. The van der Waals surface area contributed by atoms with Gasteiger partial charge in [0.1, 0.15) is 11.9 Å². The number of thiophene rings is 1. The summed E-state index contributed by atoms with van der Waals surface area (Å²) >= 11 is 7.96. The number of nitrogens with one attached hydrogen (secondary N) is 1. The standard InChI is InChI=1S/C27H30ClN3O3S/c1-15(2)14-31-17(4)22(16(3)30-31)6-9-26(33)29-13-21-11-20-10-19(12-23(28)27(20)34-21)25-8-7-24(35-25)18(5)32/h6-10,12,15,21H,11,13-14H2,1-5H3,(H,29,33)/b9-6+. The number of halogens is 1. The molecule has 0 saturated carbocycles. The fourth-order valence-corrected chi connectivity index (χ4v) is 5.41. The predicted octanol–water partition coefficient (Wildman–Crippen LogP) is 5.87. The van der Waals surface area contributed by atoms with Crippen LogP contribution in [0, 0.1) is 19.8 Å². The first-order valence-corrected chi connectivity index (χ1v) is 12.9. The van der Waals surface area contributed by atoms with Crippen LogP contribution in [-0.4, -0.2) is 34.1 Å². The normalized spacial score (nSPS) is 15.0. The molecule has 0 aliphatic carbocycles. The number of benzene rings is 1. The van der Waals surface area contributed by atoms with Crippen LogP contribution in [-0.2, 0) is 17.8 Å². The quantitative estimate of drug-likeness (QED) is 0.303. The molecule has 3 aromatic rings. The van der Waals surface area contributed by atoms with Crippen molar-refractivity contribution in [2.75, 3.05) is 6.54 Å². The third kappa shape index (κ3) is 5.68. The largest absolute Gasteiger partial charge is 0.486 e. The highest BCUT2D eigenvalue weighted by molar-refractivity contribution is 7.17.